The molecular formula is C13H15N3O. The summed E-state index contributed by atoms with van der Waals surface area (Å²) in [6.45, 7) is 3.12. The minimum atomic E-state index is 0.715. The van der Waals surface area contributed by atoms with Crippen molar-refractivity contribution >= 4 is 5.82 Å². The molecule has 1 aliphatic heterocycles. The first-order chi connectivity index (χ1) is 8.38. The van der Waals surface area contributed by atoms with Gasteiger partial charge in [-0.15, -0.1) is 0 Å². The molecule has 1 aromatic heterocycles. The number of anilines is 1. The van der Waals surface area contributed by atoms with Gasteiger partial charge >= 0.3 is 0 Å². The smallest absolute Gasteiger partial charge is 0.146 e. The van der Waals surface area contributed by atoms with Gasteiger partial charge in [0.25, 0.3) is 0 Å². The standard InChI is InChI=1S/C13H15N3O/c14-9-11-8-10-2-1-3-12(10)15-13(11)16-4-6-17-7-5-16/h8H,1-7H2. The topological polar surface area (TPSA) is 49.2 Å². The number of nitrogens with zero attached hydrogens (tertiary/aromatic N) is 3. The second-order valence-corrected chi connectivity index (χ2v) is 4.53. The number of rotatable bonds is 1. The molecule has 0 amide bonds. The molecule has 4 nitrogen and oxygen atoms in total. The predicted molar refractivity (Wildman–Crippen MR) is 64.0 cm³/mol. The molecule has 1 aromatic rings. The Morgan fingerprint density at radius 1 is 1.29 bits per heavy atom. The van der Waals surface area contributed by atoms with Crippen molar-refractivity contribution in [3.8, 4) is 6.07 Å². The molecule has 0 saturated carbocycles. The molecule has 3 rings (SSSR count). The van der Waals surface area contributed by atoms with Gasteiger partial charge in [-0.2, -0.15) is 5.26 Å². The number of pyridine rings is 1. The van der Waals surface area contributed by atoms with E-state index in [1.54, 1.807) is 0 Å². The minimum absolute atomic E-state index is 0.715. The SMILES string of the molecule is N#Cc1cc2c(nc1N1CCOCC1)CCC2. The highest BCUT2D eigenvalue weighted by Gasteiger charge is 2.21. The van der Waals surface area contributed by atoms with Crippen LogP contribution >= 0.6 is 0 Å². The highest BCUT2D eigenvalue weighted by molar-refractivity contribution is 5.57. The van der Waals surface area contributed by atoms with E-state index in [9.17, 15) is 5.26 Å². The van der Waals surface area contributed by atoms with E-state index in [1.807, 2.05) is 6.07 Å². The Balaban J connectivity index is 2.00. The summed E-state index contributed by atoms with van der Waals surface area (Å²) in [5.41, 5.74) is 3.16. The molecule has 2 aliphatic rings. The first-order valence-electron chi connectivity index (χ1n) is 6.14. The van der Waals surface area contributed by atoms with Gasteiger partial charge in [0.15, 0.2) is 0 Å². The summed E-state index contributed by atoms with van der Waals surface area (Å²) in [6.07, 6.45) is 3.29. The summed E-state index contributed by atoms with van der Waals surface area (Å²) >= 11 is 0. The molecule has 0 unspecified atom stereocenters. The van der Waals surface area contributed by atoms with Crippen LogP contribution < -0.4 is 4.90 Å². The van der Waals surface area contributed by atoms with Crippen molar-refractivity contribution in [1.82, 2.24) is 4.98 Å². The third kappa shape index (κ3) is 1.87. The van der Waals surface area contributed by atoms with Gasteiger partial charge in [-0.3, -0.25) is 0 Å². The van der Waals surface area contributed by atoms with E-state index < -0.39 is 0 Å². The minimum Gasteiger partial charge on any atom is -0.378 e. The van der Waals surface area contributed by atoms with Gasteiger partial charge in [-0.25, -0.2) is 4.98 Å². The van der Waals surface area contributed by atoms with Gasteiger partial charge in [-0.1, -0.05) is 0 Å². The number of aryl methyl sites for hydroxylation is 2. The average molecular weight is 229 g/mol. The number of aromatic nitrogens is 1. The van der Waals surface area contributed by atoms with Gasteiger partial charge in [0, 0.05) is 18.8 Å². The van der Waals surface area contributed by atoms with Gasteiger partial charge in [0.2, 0.25) is 0 Å². The summed E-state index contributed by atoms with van der Waals surface area (Å²) in [5, 5.41) is 9.23. The van der Waals surface area contributed by atoms with Crippen molar-refractivity contribution in [3.63, 3.8) is 0 Å². The number of fused-ring (bicyclic) bond motifs is 1. The molecular weight excluding hydrogens is 214 g/mol. The lowest BCUT2D eigenvalue weighted by molar-refractivity contribution is 0.122. The van der Waals surface area contributed by atoms with Crippen molar-refractivity contribution in [2.24, 2.45) is 0 Å². The van der Waals surface area contributed by atoms with Crippen LogP contribution in [0.3, 0.4) is 0 Å². The van der Waals surface area contributed by atoms with Gasteiger partial charge < -0.3 is 9.64 Å². The lowest BCUT2D eigenvalue weighted by Gasteiger charge is -2.28. The van der Waals surface area contributed by atoms with Gasteiger partial charge in [0.1, 0.15) is 11.9 Å². The van der Waals surface area contributed by atoms with E-state index in [-0.39, 0.29) is 0 Å². The third-order valence-electron chi connectivity index (χ3n) is 3.46. The third-order valence-corrected chi connectivity index (χ3v) is 3.46. The van der Waals surface area contributed by atoms with Crippen LogP contribution in [0.5, 0.6) is 0 Å². The van der Waals surface area contributed by atoms with Crippen molar-refractivity contribution in [2.45, 2.75) is 19.3 Å². The summed E-state index contributed by atoms with van der Waals surface area (Å²) < 4.78 is 5.33. The molecule has 0 bridgehead atoms. The molecule has 2 heterocycles. The van der Waals surface area contributed by atoms with E-state index in [0.717, 1.165) is 45.0 Å². The Bertz CT molecular complexity index is 472. The molecule has 0 radical (unpaired) electrons. The molecule has 1 aliphatic carbocycles. The second kappa shape index (κ2) is 4.34. The fourth-order valence-electron chi connectivity index (χ4n) is 2.56. The molecule has 88 valence electrons. The van der Waals surface area contributed by atoms with Crippen LogP contribution in [0.1, 0.15) is 23.2 Å². The largest absolute Gasteiger partial charge is 0.378 e. The van der Waals surface area contributed by atoms with Crippen LogP contribution in [0.25, 0.3) is 0 Å². The fraction of sp³-hybridized carbons (Fsp3) is 0.538. The molecule has 0 N–H and O–H groups in total. The highest BCUT2D eigenvalue weighted by atomic mass is 16.5. The van der Waals surface area contributed by atoms with Crippen molar-refractivity contribution in [2.75, 3.05) is 31.2 Å². The zero-order valence-electron chi connectivity index (χ0n) is 9.78. The Kier molecular flexibility index (Phi) is 2.69. The van der Waals surface area contributed by atoms with Crippen LogP contribution in [0.4, 0.5) is 5.82 Å². The average Bonchev–Trinajstić information content (AvgIpc) is 2.85. The quantitative estimate of drug-likeness (QED) is 0.728. The normalized spacial score (nSPS) is 18.9. The van der Waals surface area contributed by atoms with E-state index in [4.69, 9.17) is 9.72 Å². The van der Waals surface area contributed by atoms with Crippen LogP contribution in [0.15, 0.2) is 6.07 Å². The monoisotopic (exact) mass is 229 g/mol. The zero-order valence-corrected chi connectivity index (χ0v) is 9.78. The van der Waals surface area contributed by atoms with Crippen LogP contribution in [0, 0.1) is 11.3 Å². The molecule has 17 heavy (non-hydrogen) atoms. The summed E-state index contributed by atoms with van der Waals surface area (Å²) in [4.78, 5) is 6.86. The Hall–Kier alpha value is -1.60. The zero-order chi connectivity index (χ0) is 11.7. The first-order valence-corrected chi connectivity index (χ1v) is 6.14. The van der Waals surface area contributed by atoms with E-state index in [2.05, 4.69) is 11.0 Å². The molecule has 4 heteroatoms. The fourth-order valence-corrected chi connectivity index (χ4v) is 2.56. The maximum atomic E-state index is 9.23. The molecule has 0 aromatic carbocycles. The molecule has 1 fully saturated rings. The summed E-state index contributed by atoms with van der Waals surface area (Å²) in [6, 6.07) is 4.31. The molecule has 0 spiro atoms. The maximum absolute atomic E-state index is 9.23. The number of hydrogen-bond acceptors (Lipinski definition) is 4. The van der Waals surface area contributed by atoms with E-state index in [1.165, 1.54) is 17.7 Å². The maximum Gasteiger partial charge on any atom is 0.146 e. The summed E-state index contributed by atoms with van der Waals surface area (Å²) in [5.74, 6) is 0.858. The van der Waals surface area contributed by atoms with Crippen LogP contribution in [0.2, 0.25) is 0 Å². The lowest BCUT2D eigenvalue weighted by Crippen LogP contribution is -2.37. The Morgan fingerprint density at radius 3 is 2.88 bits per heavy atom. The van der Waals surface area contributed by atoms with Crippen LogP contribution in [-0.2, 0) is 17.6 Å². The van der Waals surface area contributed by atoms with Crippen molar-refractivity contribution in [3.05, 3.63) is 22.9 Å². The first kappa shape index (κ1) is 10.5. The Morgan fingerprint density at radius 2 is 2.12 bits per heavy atom. The second-order valence-electron chi connectivity index (χ2n) is 4.53. The highest BCUT2D eigenvalue weighted by Crippen LogP contribution is 2.27. The Labute approximate surface area is 101 Å². The van der Waals surface area contributed by atoms with E-state index in [0.29, 0.717) is 5.56 Å². The van der Waals surface area contributed by atoms with E-state index >= 15 is 0 Å². The predicted octanol–water partition coefficient (Wildman–Crippen LogP) is 1.28. The lowest BCUT2D eigenvalue weighted by atomic mass is 10.1. The number of morpholine rings is 1. The molecule has 0 atom stereocenters. The van der Waals surface area contributed by atoms with Crippen LogP contribution in [-0.4, -0.2) is 31.3 Å². The number of hydrogen-bond donors (Lipinski definition) is 0. The van der Waals surface area contributed by atoms with Crippen molar-refractivity contribution < 1.29 is 4.74 Å². The summed E-state index contributed by atoms with van der Waals surface area (Å²) in [7, 11) is 0. The van der Waals surface area contributed by atoms with Crippen molar-refractivity contribution in [1.29, 1.82) is 5.26 Å². The number of ether oxygens (including phenoxy) is 1. The number of nitriles is 1. The van der Waals surface area contributed by atoms with Gasteiger partial charge in [-0.05, 0) is 30.9 Å². The van der Waals surface area contributed by atoms with Gasteiger partial charge in [0.05, 0.1) is 18.8 Å². The molecule has 1 saturated heterocycles.